The molecular formula is C24H36N4O3. The van der Waals surface area contributed by atoms with E-state index in [1.54, 1.807) is 18.1 Å². The lowest BCUT2D eigenvalue weighted by Crippen LogP contribution is -2.56. The molecule has 0 spiro atoms. The van der Waals surface area contributed by atoms with Gasteiger partial charge >= 0.3 is 0 Å². The lowest BCUT2D eigenvalue weighted by Gasteiger charge is -2.36. The summed E-state index contributed by atoms with van der Waals surface area (Å²) in [5.41, 5.74) is 16.3. The first-order valence-corrected chi connectivity index (χ1v) is 10.8. The Morgan fingerprint density at radius 2 is 1.77 bits per heavy atom. The Morgan fingerprint density at radius 3 is 2.29 bits per heavy atom. The summed E-state index contributed by atoms with van der Waals surface area (Å²) in [5, 5.41) is 13.5. The number of hydrogen-bond donors (Lipinski definition) is 4. The maximum atomic E-state index is 12.7. The summed E-state index contributed by atoms with van der Waals surface area (Å²) in [6.07, 6.45) is -0.185. The summed E-state index contributed by atoms with van der Waals surface area (Å²) < 4.78 is 5.42. The lowest BCUT2D eigenvalue weighted by atomic mass is 9.97. The summed E-state index contributed by atoms with van der Waals surface area (Å²) in [5.74, 6) is 0.409. The predicted octanol–water partition coefficient (Wildman–Crippen LogP) is 3.36. The minimum atomic E-state index is -1.03. The number of rotatable bonds is 10. The molecule has 2 rings (SSSR count). The quantitative estimate of drug-likeness (QED) is 0.432. The highest BCUT2D eigenvalue weighted by atomic mass is 16.5. The molecule has 0 fully saturated rings. The molecule has 170 valence electrons. The third kappa shape index (κ3) is 5.68. The summed E-state index contributed by atoms with van der Waals surface area (Å²) in [4.78, 5) is 14.4. The van der Waals surface area contributed by atoms with Crippen LogP contribution in [0.1, 0.15) is 62.9 Å². The molecule has 2 atom stereocenters. The molecule has 0 saturated heterocycles. The summed E-state index contributed by atoms with van der Waals surface area (Å²) in [6.45, 7) is 8.65. The van der Waals surface area contributed by atoms with E-state index in [1.165, 1.54) is 0 Å². The molecule has 31 heavy (non-hydrogen) atoms. The Labute approximate surface area is 185 Å². The van der Waals surface area contributed by atoms with Crippen LogP contribution >= 0.6 is 0 Å². The van der Waals surface area contributed by atoms with Crippen molar-refractivity contribution >= 4 is 11.6 Å². The van der Waals surface area contributed by atoms with Crippen molar-refractivity contribution in [1.82, 2.24) is 5.32 Å². The van der Waals surface area contributed by atoms with Crippen LogP contribution in [0.25, 0.3) is 0 Å². The molecule has 2 aromatic rings. The zero-order valence-electron chi connectivity index (χ0n) is 19.2. The number of amides is 1. The summed E-state index contributed by atoms with van der Waals surface area (Å²) in [6, 6.07) is 11.2. The molecule has 0 radical (unpaired) electrons. The first-order chi connectivity index (χ1) is 14.7. The van der Waals surface area contributed by atoms with Gasteiger partial charge < -0.3 is 31.5 Å². The van der Waals surface area contributed by atoms with E-state index < -0.39 is 12.3 Å². The van der Waals surface area contributed by atoms with Gasteiger partial charge in [-0.2, -0.15) is 0 Å². The van der Waals surface area contributed by atoms with Gasteiger partial charge in [-0.1, -0.05) is 39.8 Å². The van der Waals surface area contributed by atoms with Gasteiger partial charge in [0.15, 0.2) is 6.17 Å². The van der Waals surface area contributed by atoms with E-state index in [4.69, 9.17) is 16.2 Å². The van der Waals surface area contributed by atoms with Crippen molar-refractivity contribution in [2.24, 2.45) is 11.5 Å². The van der Waals surface area contributed by atoms with E-state index in [1.807, 2.05) is 51.1 Å². The van der Waals surface area contributed by atoms with Crippen LogP contribution in [-0.2, 0) is 11.2 Å². The van der Waals surface area contributed by atoms with Crippen LogP contribution in [0.3, 0.4) is 0 Å². The molecule has 0 aliphatic carbocycles. The number of phenolic OH excluding ortho intramolecular Hbond substituents is 1. The number of benzene rings is 2. The first-order valence-electron chi connectivity index (χ1n) is 10.8. The summed E-state index contributed by atoms with van der Waals surface area (Å²) >= 11 is 0. The average molecular weight is 429 g/mol. The largest absolute Gasteiger partial charge is 0.507 e. The van der Waals surface area contributed by atoms with Crippen molar-refractivity contribution < 1.29 is 14.6 Å². The van der Waals surface area contributed by atoms with Gasteiger partial charge in [-0.15, -0.1) is 0 Å². The average Bonchev–Trinajstić information content (AvgIpc) is 2.77. The van der Waals surface area contributed by atoms with Crippen LogP contribution in [0.4, 0.5) is 5.69 Å². The number of carbonyl (C=O) groups excluding carboxylic acids is 1. The van der Waals surface area contributed by atoms with Gasteiger partial charge in [0.25, 0.3) is 5.91 Å². The molecule has 0 bridgehead atoms. The van der Waals surface area contributed by atoms with Crippen molar-refractivity contribution in [2.45, 2.75) is 58.8 Å². The molecule has 0 aromatic heterocycles. The molecular weight excluding hydrogens is 392 g/mol. The highest BCUT2D eigenvalue weighted by Gasteiger charge is 2.30. The highest BCUT2D eigenvalue weighted by Crippen LogP contribution is 2.37. The van der Waals surface area contributed by atoms with E-state index in [0.29, 0.717) is 23.5 Å². The Hall–Kier alpha value is -2.77. The van der Waals surface area contributed by atoms with E-state index in [9.17, 15) is 9.90 Å². The van der Waals surface area contributed by atoms with Crippen molar-refractivity contribution in [2.75, 3.05) is 18.6 Å². The zero-order chi connectivity index (χ0) is 23.1. The Bertz CT molecular complexity index is 868. The molecule has 7 nitrogen and oxygen atoms in total. The molecule has 0 aliphatic rings. The van der Waals surface area contributed by atoms with Crippen LogP contribution in [0, 0.1) is 0 Å². The highest BCUT2D eigenvalue weighted by molar-refractivity contribution is 5.85. The van der Waals surface area contributed by atoms with Crippen molar-refractivity contribution in [1.29, 1.82) is 0 Å². The maximum Gasteiger partial charge on any atom is 0.257 e. The van der Waals surface area contributed by atoms with Gasteiger partial charge in [0, 0.05) is 23.9 Å². The van der Waals surface area contributed by atoms with E-state index in [-0.39, 0.29) is 17.6 Å². The number of methoxy groups -OCH3 is 1. The normalized spacial score (nSPS) is 13.0. The molecule has 1 amide bonds. The SMILES string of the molecule is CCCNC(=O)C(N)N(c1ccc(CC)cc1)C(N)c1cc(C(C)C)c(OC)cc1O. The monoisotopic (exact) mass is 428 g/mol. The van der Waals surface area contributed by atoms with Gasteiger partial charge in [0.1, 0.15) is 17.7 Å². The Balaban J connectivity index is 2.54. The van der Waals surface area contributed by atoms with Crippen LogP contribution in [0.15, 0.2) is 36.4 Å². The topological polar surface area (TPSA) is 114 Å². The standard InChI is InChI=1S/C24H36N4O3/c1-6-12-27-24(30)23(26)28(17-10-8-16(7-2)9-11-17)22(25)19-13-18(15(3)4)21(31-5)14-20(19)29/h8-11,13-15,22-23,29H,6-7,12,25-26H2,1-5H3,(H,27,30). The number of anilines is 1. The van der Waals surface area contributed by atoms with Crippen molar-refractivity contribution in [3.05, 3.63) is 53.1 Å². The predicted molar refractivity (Wildman–Crippen MR) is 125 cm³/mol. The number of nitrogens with one attached hydrogen (secondary N) is 1. The third-order valence-electron chi connectivity index (χ3n) is 5.38. The number of nitrogens with zero attached hydrogens (tertiary/aromatic N) is 1. The second-order valence-electron chi connectivity index (χ2n) is 7.92. The van der Waals surface area contributed by atoms with Crippen LogP contribution < -0.4 is 26.4 Å². The maximum absolute atomic E-state index is 12.7. The number of carbonyl (C=O) groups is 1. The molecule has 0 heterocycles. The van der Waals surface area contributed by atoms with Gasteiger partial charge in [-0.3, -0.25) is 4.79 Å². The van der Waals surface area contributed by atoms with Gasteiger partial charge in [-0.05, 0) is 48.1 Å². The van der Waals surface area contributed by atoms with Crippen LogP contribution in [0.5, 0.6) is 11.5 Å². The van der Waals surface area contributed by atoms with E-state index in [2.05, 4.69) is 12.2 Å². The minimum Gasteiger partial charge on any atom is -0.507 e. The lowest BCUT2D eigenvalue weighted by molar-refractivity contribution is -0.122. The number of aryl methyl sites for hydroxylation is 1. The molecule has 0 aliphatic heterocycles. The van der Waals surface area contributed by atoms with E-state index >= 15 is 0 Å². The molecule has 2 unspecified atom stereocenters. The third-order valence-corrected chi connectivity index (χ3v) is 5.38. The fourth-order valence-electron chi connectivity index (χ4n) is 3.50. The van der Waals surface area contributed by atoms with Crippen molar-refractivity contribution in [3.63, 3.8) is 0 Å². The second kappa shape index (κ2) is 11.0. The fourth-order valence-corrected chi connectivity index (χ4v) is 3.50. The number of hydrogen-bond acceptors (Lipinski definition) is 6. The fraction of sp³-hybridized carbons (Fsp3) is 0.458. The smallest absolute Gasteiger partial charge is 0.257 e. The molecule has 0 saturated carbocycles. The summed E-state index contributed by atoms with van der Waals surface area (Å²) in [7, 11) is 1.57. The van der Waals surface area contributed by atoms with E-state index in [0.717, 1.165) is 24.0 Å². The number of phenols is 1. The number of ether oxygens (including phenoxy) is 1. The molecule has 6 N–H and O–H groups in total. The number of aromatic hydroxyl groups is 1. The zero-order valence-corrected chi connectivity index (χ0v) is 19.2. The Kier molecular flexibility index (Phi) is 8.71. The van der Waals surface area contributed by atoms with Gasteiger partial charge in [0.05, 0.1) is 7.11 Å². The minimum absolute atomic E-state index is 0.00917. The molecule has 7 heteroatoms. The first kappa shape index (κ1) is 24.5. The van der Waals surface area contributed by atoms with Gasteiger partial charge in [0.2, 0.25) is 0 Å². The number of nitrogens with two attached hydrogens (primary N) is 2. The molecule has 2 aromatic carbocycles. The Morgan fingerprint density at radius 1 is 1.13 bits per heavy atom. The van der Waals surface area contributed by atoms with Gasteiger partial charge in [-0.25, -0.2) is 0 Å². The van der Waals surface area contributed by atoms with Crippen LogP contribution in [0.2, 0.25) is 0 Å². The van der Waals surface area contributed by atoms with Crippen molar-refractivity contribution in [3.8, 4) is 11.5 Å². The van der Waals surface area contributed by atoms with Crippen LogP contribution in [-0.4, -0.2) is 30.8 Å². The second-order valence-corrected chi connectivity index (χ2v) is 7.92.